The molecule has 482 valence electrons. The summed E-state index contributed by atoms with van der Waals surface area (Å²) in [5.74, 6) is 0.583. The zero-order valence-electron chi connectivity index (χ0n) is 49.2. The van der Waals surface area contributed by atoms with Crippen molar-refractivity contribution in [2.24, 2.45) is 33.5 Å². The maximum atomic E-state index is 13.0. The molecule has 0 aromatic rings. The van der Waals surface area contributed by atoms with Gasteiger partial charge in [0, 0.05) is 11.8 Å². The van der Waals surface area contributed by atoms with Crippen molar-refractivity contribution >= 4 is 5.78 Å². The Morgan fingerprint density at radius 3 is 1.79 bits per heavy atom. The molecule has 14 N–H and O–H groups in total. The first kappa shape index (κ1) is 65.4. The largest absolute Gasteiger partial charge is 0.394 e. The molecule has 26 heteroatoms. The SMILES string of the molecule is CCC(=O)[C@@H]1C[C@@H](C)[C@]2(CC[C@@]3(C)C4=C(CC[C@@]32C)[C@@]2(C)CC[C@H](O[C@@H]3O[C@H](CO[C@@H]5OC[C@H](O)[C@H](O)[C@H]5O[C@@H]5O[C@H](CO)[C@@H](O)[C@H](O[C@@H]6O[C@H](CO)[C@@H](O)[C@H](O)[C@H]6O)[C@H]5O[C@@H]5O[C@@H](C)[C@H](O)[C@@H](O)[C@H]5O)[C@@H](O)[C@H](O)[C@H]3O)C(C)(C)[C@@H]2CC4)O1. The summed E-state index contributed by atoms with van der Waals surface area (Å²) < 4.78 is 67.5. The van der Waals surface area contributed by atoms with E-state index >= 15 is 0 Å². The van der Waals surface area contributed by atoms with E-state index in [1.54, 1.807) is 0 Å². The van der Waals surface area contributed by atoms with Crippen LogP contribution in [-0.4, -0.2) is 269 Å². The molecule has 8 fully saturated rings. The van der Waals surface area contributed by atoms with Gasteiger partial charge < -0.3 is 124 Å². The Morgan fingerprint density at radius 2 is 1.13 bits per heavy atom. The lowest BCUT2D eigenvalue weighted by Gasteiger charge is -2.63. The van der Waals surface area contributed by atoms with Crippen molar-refractivity contribution in [3.63, 3.8) is 0 Å². The van der Waals surface area contributed by atoms with Crippen LogP contribution in [0.5, 0.6) is 0 Å². The zero-order valence-corrected chi connectivity index (χ0v) is 49.2. The summed E-state index contributed by atoms with van der Waals surface area (Å²) >= 11 is 0. The molecule has 26 nitrogen and oxygen atoms in total. The third kappa shape index (κ3) is 10.7. The number of ether oxygens (including phenoxy) is 11. The number of aliphatic hydroxyl groups excluding tert-OH is 14. The summed E-state index contributed by atoms with van der Waals surface area (Å²) in [4.78, 5) is 13.0. The third-order valence-electron chi connectivity index (χ3n) is 22.4. The van der Waals surface area contributed by atoms with Gasteiger partial charge in [0.15, 0.2) is 37.2 Å². The molecule has 10 aliphatic rings. The van der Waals surface area contributed by atoms with Gasteiger partial charge in [-0.1, -0.05) is 59.6 Å². The van der Waals surface area contributed by atoms with Gasteiger partial charge in [-0.3, -0.25) is 4.79 Å². The van der Waals surface area contributed by atoms with Gasteiger partial charge in [0.25, 0.3) is 0 Å². The van der Waals surface area contributed by atoms with E-state index in [9.17, 15) is 76.3 Å². The third-order valence-corrected chi connectivity index (χ3v) is 22.4. The molecular formula is C58H94O26. The number of ketones is 1. The highest BCUT2D eigenvalue weighted by atomic mass is 16.8. The molecule has 6 aliphatic heterocycles. The lowest BCUT2D eigenvalue weighted by Crippen LogP contribution is -2.68. The monoisotopic (exact) mass is 1210 g/mol. The molecule has 0 bridgehead atoms. The van der Waals surface area contributed by atoms with Crippen molar-refractivity contribution < 1.29 is 128 Å². The standard InChI is InChI=1S/C58H94O26/c1-9-27(61)29-18-23(2)58(84-29)17-16-56(7)26-10-11-33-54(4,5)34(13-14-55(33,6)25(26)12-15-57(56,58)8)80-50-44(72)42(70)38(66)32(79-50)22-75-52-47(36(64)28(62)21-74-52)82-53-48(83-49-43(71)40(68)35(63)24(3)76-49)46(39(67)31(20-60)78-53)81-51-45(73)41(69)37(65)30(19-59)77-51/h23-24,28-53,59-60,62-73H,9-22H2,1-8H3/t23-,24+,28+,29+,30-,31-,32-,33+,34+,35+,36+,37-,38-,39-,40-,41+,42+,43-,44-,45-,46+,47-,48-,49+,50+,51+,52+,53+,55-,56+,57+,58+/m1/s1. The molecule has 6 heterocycles. The summed E-state index contributed by atoms with van der Waals surface area (Å²) in [5, 5.41) is 153. The van der Waals surface area contributed by atoms with Crippen LogP contribution in [0.15, 0.2) is 11.1 Å². The first-order valence-corrected chi connectivity index (χ1v) is 30.3. The minimum Gasteiger partial charge on any atom is -0.394 e. The van der Waals surface area contributed by atoms with E-state index < -0.39 is 185 Å². The number of hydrogen-bond donors (Lipinski definition) is 14. The molecule has 6 saturated heterocycles. The Labute approximate surface area is 488 Å². The van der Waals surface area contributed by atoms with E-state index in [2.05, 4.69) is 41.5 Å². The van der Waals surface area contributed by atoms with Crippen LogP contribution in [0.3, 0.4) is 0 Å². The van der Waals surface area contributed by atoms with Gasteiger partial charge >= 0.3 is 0 Å². The molecular weight excluding hydrogens is 1110 g/mol. The molecule has 2 saturated carbocycles. The number of rotatable bonds is 15. The highest BCUT2D eigenvalue weighted by Gasteiger charge is 2.72. The molecule has 1 spiro atoms. The van der Waals surface area contributed by atoms with Gasteiger partial charge in [-0.05, 0) is 92.8 Å². The maximum absolute atomic E-state index is 13.0. The first-order chi connectivity index (χ1) is 39.5. The second-order valence-corrected chi connectivity index (χ2v) is 27.1. The van der Waals surface area contributed by atoms with Gasteiger partial charge in [0.1, 0.15) is 116 Å². The van der Waals surface area contributed by atoms with Crippen molar-refractivity contribution in [1.29, 1.82) is 0 Å². The normalized spacial score (nSPS) is 54.0. The van der Waals surface area contributed by atoms with Crippen LogP contribution in [0.1, 0.15) is 120 Å². The Balaban J connectivity index is 0.850. The van der Waals surface area contributed by atoms with Gasteiger partial charge in [-0.15, -0.1) is 0 Å². The number of aliphatic hydroxyl groups is 14. The lowest BCUT2D eigenvalue weighted by molar-refractivity contribution is -0.406. The van der Waals surface area contributed by atoms with Crippen LogP contribution < -0.4 is 0 Å². The number of Topliss-reactive ketones (excluding diaryl/α,β-unsaturated/α-hetero) is 1. The average Bonchev–Trinajstić information content (AvgIpc) is 1.45. The Bertz CT molecular complexity index is 2330. The van der Waals surface area contributed by atoms with E-state index in [1.807, 2.05) is 6.92 Å². The molecule has 84 heavy (non-hydrogen) atoms. The van der Waals surface area contributed by atoms with E-state index in [0.717, 1.165) is 51.4 Å². The van der Waals surface area contributed by atoms with Gasteiger partial charge in [-0.2, -0.15) is 0 Å². The number of hydrogen-bond acceptors (Lipinski definition) is 26. The Hall–Kier alpha value is -1.59. The Morgan fingerprint density at radius 1 is 0.560 bits per heavy atom. The summed E-state index contributed by atoms with van der Waals surface area (Å²) in [7, 11) is 0. The second kappa shape index (κ2) is 24.6. The van der Waals surface area contributed by atoms with Crippen LogP contribution in [-0.2, 0) is 56.9 Å². The fourth-order valence-corrected chi connectivity index (χ4v) is 17.1. The van der Waals surface area contributed by atoms with Crippen molar-refractivity contribution in [2.45, 2.75) is 285 Å². The van der Waals surface area contributed by atoms with Crippen LogP contribution >= 0.6 is 0 Å². The average molecular weight is 1210 g/mol. The van der Waals surface area contributed by atoms with Crippen molar-refractivity contribution in [1.82, 2.24) is 0 Å². The topological polar surface area (TPSA) is 402 Å². The fourth-order valence-electron chi connectivity index (χ4n) is 17.1. The second-order valence-electron chi connectivity index (χ2n) is 27.1. The van der Waals surface area contributed by atoms with Crippen molar-refractivity contribution in [3.05, 3.63) is 11.1 Å². The summed E-state index contributed by atoms with van der Waals surface area (Å²) in [6.07, 6.45) is -35.1. The molecule has 4 aliphatic carbocycles. The highest BCUT2D eigenvalue weighted by Crippen LogP contribution is 2.75. The summed E-state index contributed by atoms with van der Waals surface area (Å²) in [6.45, 7) is 14.1. The van der Waals surface area contributed by atoms with Crippen LogP contribution in [0.4, 0.5) is 0 Å². The minimum absolute atomic E-state index is 0.110. The number of carbonyl (C=O) groups is 1. The molecule has 32 atom stereocenters. The molecule has 0 unspecified atom stereocenters. The van der Waals surface area contributed by atoms with Crippen LogP contribution in [0.2, 0.25) is 0 Å². The van der Waals surface area contributed by atoms with Crippen molar-refractivity contribution in [3.8, 4) is 0 Å². The minimum atomic E-state index is -2.04. The Kier molecular flexibility index (Phi) is 19.1. The number of carbonyl (C=O) groups excluding carboxylic acids is 1. The predicted molar refractivity (Wildman–Crippen MR) is 284 cm³/mol. The molecule has 10 rings (SSSR count). The maximum Gasteiger partial charge on any atom is 0.187 e. The number of fused-ring (bicyclic) bond motifs is 5. The lowest BCUT2D eigenvalue weighted by atomic mass is 9.43. The number of allylic oxidation sites excluding steroid dienone is 2. The quantitative estimate of drug-likeness (QED) is 0.0748. The highest BCUT2D eigenvalue weighted by molar-refractivity contribution is 5.83. The van der Waals surface area contributed by atoms with Gasteiger partial charge in [0.05, 0.1) is 44.2 Å². The van der Waals surface area contributed by atoms with Gasteiger partial charge in [-0.25, -0.2) is 0 Å². The van der Waals surface area contributed by atoms with Crippen LogP contribution in [0, 0.1) is 33.5 Å². The molecule has 0 aromatic heterocycles. The van der Waals surface area contributed by atoms with Gasteiger partial charge in [0.2, 0.25) is 0 Å². The predicted octanol–water partition coefficient (Wildman–Crippen LogP) is -2.59. The smallest absolute Gasteiger partial charge is 0.187 e. The first-order valence-electron chi connectivity index (χ1n) is 30.3. The van der Waals surface area contributed by atoms with E-state index in [4.69, 9.17) is 52.1 Å². The van der Waals surface area contributed by atoms with Crippen molar-refractivity contribution in [2.75, 3.05) is 26.4 Å². The molecule has 0 amide bonds. The molecule has 0 aromatic carbocycles. The summed E-state index contributed by atoms with van der Waals surface area (Å²) in [5.41, 5.74) is 1.76. The summed E-state index contributed by atoms with van der Waals surface area (Å²) in [6, 6.07) is 0. The zero-order chi connectivity index (χ0) is 61.1. The fraction of sp³-hybridized carbons (Fsp3) is 0.948. The molecule has 0 radical (unpaired) electrons. The van der Waals surface area contributed by atoms with E-state index in [-0.39, 0.29) is 45.6 Å². The van der Waals surface area contributed by atoms with Crippen LogP contribution in [0.25, 0.3) is 0 Å². The van der Waals surface area contributed by atoms with E-state index in [0.29, 0.717) is 12.8 Å². The van der Waals surface area contributed by atoms with E-state index in [1.165, 1.54) is 18.1 Å².